The molecule has 19 heavy (non-hydrogen) atoms. The SMILES string of the molecule is Cc1oc2ccc(-c3cnncc3CN)cc2c1C. The number of furan rings is 1. The van der Waals surface area contributed by atoms with Crippen LogP contribution in [0.4, 0.5) is 0 Å². The van der Waals surface area contributed by atoms with E-state index in [1.165, 1.54) is 5.56 Å². The molecule has 2 heterocycles. The molecule has 3 aromatic rings. The van der Waals surface area contributed by atoms with Crippen LogP contribution < -0.4 is 5.73 Å². The van der Waals surface area contributed by atoms with Crippen LogP contribution in [0.5, 0.6) is 0 Å². The Balaban J connectivity index is 2.23. The standard InChI is InChI=1S/C15H15N3O/c1-9-10(2)19-15-4-3-11(5-13(9)15)14-8-18-17-7-12(14)6-16/h3-5,7-8H,6,16H2,1-2H3. The molecule has 3 rings (SSSR count). The summed E-state index contributed by atoms with van der Waals surface area (Å²) in [5.74, 6) is 0.957. The van der Waals surface area contributed by atoms with Crippen LogP contribution in [0.1, 0.15) is 16.9 Å². The van der Waals surface area contributed by atoms with Gasteiger partial charge in [0, 0.05) is 17.5 Å². The largest absolute Gasteiger partial charge is 0.461 e. The second-order valence-corrected chi connectivity index (χ2v) is 4.63. The van der Waals surface area contributed by atoms with Gasteiger partial charge in [-0.3, -0.25) is 0 Å². The molecule has 0 saturated heterocycles. The van der Waals surface area contributed by atoms with Gasteiger partial charge < -0.3 is 10.2 Å². The predicted octanol–water partition coefficient (Wildman–Crippen LogP) is 2.97. The molecule has 0 atom stereocenters. The minimum absolute atomic E-state index is 0.451. The first-order chi connectivity index (χ1) is 9.20. The normalized spacial score (nSPS) is 11.1. The van der Waals surface area contributed by atoms with Crippen molar-refractivity contribution in [2.45, 2.75) is 20.4 Å². The fourth-order valence-corrected chi connectivity index (χ4v) is 2.28. The van der Waals surface area contributed by atoms with E-state index in [-0.39, 0.29) is 0 Å². The van der Waals surface area contributed by atoms with E-state index < -0.39 is 0 Å². The van der Waals surface area contributed by atoms with Crippen LogP contribution >= 0.6 is 0 Å². The Hall–Kier alpha value is -2.20. The summed E-state index contributed by atoms with van der Waals surface area (Å²) in [7, 11) is 0. The first-order valence-electron chi connectivity index (χ1n) is 6.20. The summed E-state index contributed by atoms with van der Waals surface area (Å²) < 4.78 is 5.69. The van der Waals surface area contributed by atoms with E-state index >= 15 is 0 Å². The van der Waals surface area contributed by atoms with Crippen molar-refractivity contribution in [1.29, 1.82) is 0 Å². The summed E-state index contributed by atoms with van der Waals surface area (Å²) in [5, 5.41) is 8.96. The Bertz CT molecular complexity index is 746. The van der Waals surface area contributed by atoms with Crippen molar-refractivity contribution in [3.8, 4) is 11.1 Å². The van der Waals surface area contributed by atoms with Crippen LogP contribution in [0.25, 0.3) is 22.1 Å². The molecule has 4 heteroatoms. The van der Waals surface area contributed by atoms with E-state index in [1.807, 2.05) is 19.1 Å². The highest BCUT2D eigenvalue weighted by atomic mass is 16.3. The van der Waals surface area contributed by atoms with Gasteiger partial charge in [-0.1, -0.05) is 6.07 Å². The average Bonchev–Trinajstić information content (AvgIpc) is 2.74. The van der Waals surface area contributed by atoms with Crippen LogP contribution in [0.2, 0.25) is 0 Å². The van der Waals surface area contributed by atoms with Gasteiger partial charge in [-0.25, -0.2) is 0 Å². The molecule has 2 aromatic heterocycles. The van der Waals surface area contributed by atoms with Gasteiger partial charge in [0.1, 0.15) is 11.3 Å². The molecule has 1 aromatic carbocycles. The molecule has 0 fully saturated rings. The highest BCUT2D eigenvalue weighted by molar-refractivity contribution is 5.87. The molecule has 0 spiro atoms. The van der Waals surface area contributed by atoms with Gasteiger partial charge in [-0.15, -0.1) is 0 Å². The number of aryl methyl sites for hydroxylation is 2. The molecule has 0 saturated carbocycles. The summed E-state index contributed by atoms with van der Waals surface area (Å²) in [6.45, 7) is 4.50. The average molecular weight is 253 g/mol. The van der Waals surface area contributed by atoms with Crippen molar-refractivity contribution in [2.75, 3.05) is 0 Å². The monoisotopic (exact) mass is 253 g/mol. The predicted molar refractivity (Wildman–Crippen MR) is 74.6 cm³/mol. The van der Waals surface area contributed by atoms with Crippen LogP contribution in [0.15, 0.2) is 35.0 Å². The summed E-state index contributed by atoms with van der Waals surface area (Å²) >= 11 is 0. The van der Waals surface area contributed by atoms with Gasteiger partial charge in [0.15, 0.2) is 0 Å². The number of benzene rings is 1. The first-order valence-corrected chi connectivity index (χ1v) is 6.20. The van der Waals surface area contributed by atoms with Gasteiger partial charge in [0.25, 0.3) is 0 Å². The second kappa shape index (κ2) is 4.48. The first kappa shape index (κ1) is 11.9. The number of hydrogen-bond acceptors (Lipinski definition) is 4. The van der Waals surface area contributed by atoms with Crippen molar-refractivity contribution in [3.63, 3.8) is 0 Å². The molecular formula is C15H15N3O. The van der Waals surface area contributed by atoms with E-state index in [1.54, 1.807) is 12.4 Å². The summed E-state index contributed by atoms with van der Waals surface area (Å²) in [5.41, 5.74) is 10.9. The molecule has 0 aliphatic heterocycles. The summed E-state index contributed by atoms with van der Waals surface area (Å²) in [6, 6.07) is 6.14. The number of nitrogens with two attached hydrogens (primary N) is 1. The molecule has 4 nitrogen and oxygen atoms in total. The van der Waals surface area contributed by atoms with E-state index in [0.29, 0.717) is 6.54 Å². The van der Waals surface area contributed by atoms with Gasteiger partial charge >= 0.3 is 0 Å². The highest BCUT2D eigenvalue weighted by Crippen LogP contribution is 2.30. The van der Waals surface area contributed by atoms with Gasteiger partial charge in [0.2, 0.25) is 0 Å². The van der Waals surface area contributed by atoms with Crippen LogP contribution in [-0.4, -0.2) is 10.2 Å². The Kier molecular flexibility index (Phi) is 2.80. The van der Waals surface area contributed by atoms with Crippen molar-refractivity contribution in [3.05, 3.63) is 47.5 Å². The minimum atomic E-state index is 0.451. The molecular weight excluding hydrogens is 238 g/mol. The number of aromatic nitrogens is 2. The molecule has 0 radical (unpaired) electrons. The Morgan fingerprint density at radius 3 is 2.74 bits per heavy atom. The zero-order valence-electron chi connectivity index (χ0n) is 11.0. The lowest BCUT2D eigenvalue weighted by Crippen LogP contribution is -2.00. The molecule has 0 aliphatic rings. The molecule has 96 valence electrons. The number of rotatable bonds is 2. The number of nitrogens with zero attached hydrogens (tertiary/aromatic N) is 2. The highest BCUT2D eigenvalue weighted by Gasteiger charge is 2.10. The van der Waals surface area contributed by atoms with Crippen LogP contribution in [0.3, 0.4) is 0 Å². The summed E-state index contributed by atoms with van der Waals surface area (Å²) in [6.07, 6.45) is 3.47. The van der Waals surface area contributed by atoms with Crippen molar-refractivity contribution >= 4 is 11.0 Å². The second-order valence-electron chi connectivity index (χ2n) is 4.63. The smallest absolute Gasteiger partial charge is 0.134 e. The maximum atomic E-state index is 5.75. The van der Waals surface area contributed by atoms with Crippen molar-refractivity contribution < 1.29 is 4.42 Å². The van der Waals surface area contributed by atoms with E-state index in [9.17, 15) is 0 Å². The zero-order chi connectivity index (χ0) is 13.4. The molecule has 0 unspecified atom stereocenters. The van der Waals surface area contributed by atoms with E-state index in [0.717, 1.165) is 33.4 Å². The maximum absolute atomic E-state index is 5.75. The third-order valence-corrected chi connectivity index (χ3v) is 3.52. The van der Waals surface area contributed by atoms with E-state index in [2.05, 4.69) is 23.2 Å². The van der Waals surface area contributed by atoms with Gasteiger partial charge in [0.05, 0.1) is 12.4 Å². The van der Waals surface area contributed by atoms with Crippen molar-refractivity contribution in [2.24, 2.45) is 5.73 Å². The third kappa shape index (κ3) is 1.90. The van der Waals surface area contributed by atoms with E-state index in [4.69, 9.17) is 10.2 Å². The number of fused-ring (bicyclic) bond motifs is 1. The lowest BCUT2D eigenvalue weighted by Gasteiger charge is -2.06. The van der Waals surface area contributed by atoms with Crippen LogP contribution in [0, 0.1) is 13.8 Å². The third-order valence-electron chi connectivity index (χ3n) is 3.52. The topological polar surface area (TPSA) is 64.9 Å². The Morgan fingerprint density at radius 1 is 1.16 bits per heavy atom. The quantitative estimate of drug-likeness (QED) is 0.762. The summed E-state index contributed by atoms with van der Waals surface area (Å²) in [4.78, 5) is 0. The fraction of sp³-hybridized carbons (Fsp3) is 0.200. The molecule has 0 bridgehead atoms. The lowest BCUT2D eigenvalue weighted by atomic mass is 10.0. The minimum Gasteiger partial charge on any atom is -0.461 e. The Morgan fingerprint density at radius 2 is 1.95 bits per heavy atom. The van der Waals surface area contributed by atoms with Gasteiger partial charge in [-0.2, -0.15) is 10.2 Å². The zero-order valence-corrected chi connectivity index (χ0v) is 11.0. The maximum Gasteiger partial charge on any atom is 0.134 e. The van der Waals surface area contributed by atoms with Crippen LogP contribution in [-0.2, 0) is 6.54 Å². The van der Waals surface area contributed by atoms with Gasteiger partial charge in [-0.05, 0) is 42.7 Å². The molecule has 0 amide bonds. The Labute approximate surface area is 111 Å². The molecule has 2 N–H and O–H groups in total. The fourth-order valence-electron chi connectivity index (χ4n) is 2.28. The van der Waals surface area contributed by atoms with Crippen molar-refractivity contribution in [1.82, 2.24) is 10.2 Å². The lowest BCUT2D eigenvalue weighted by molar-refractivity contribution is 0.575. The number of hydrogen-bond donors (Lipinski definition) is 1. The molecule has 0 aliphatic carbocycles.